The Kier molecular flexibility index (Phi) is 9.26. The largest absolute Gasteiger partial charge is 0.456 e. The quantitative estimate of drug-likeness (QED) is 0.355. The van der Waals surface area contributed by atoms with Crippen molar-refractivity contribution >= 4 is 18.1 Å². The van der Waals surface area contributed by atoms with Crippen LogP contribution in [0.3, 0.4) is 0 Å². The molecule has 2 heteroatoms. The number of rotatable bonds is 9. The lowest BCUT2D eigenvalue weighted by Crippen LogP contribution is -2.24. The van der Waals surface area contributed by atoms with E-state index in [4.69, 9.17) is 4.74 Å². The maximum Gasteiger partial charge on any atom is 0.339 e. The van der Waals surface area contributed by atoms with Crippen LogP contribution in [0, 0.1) is 0 Å². The van der Waals surface area contributed by atoms with E-state index in [1.165, 1.54) is 19.3 Å². The van der Waals surface area contributed by atoms with E-state index in [0.29, 0.717) is 5.56 Å². The van der Waals surface area contributed by atoms with Gasteiger partial charge in [-0.1, -0.05) is 69.9 Å². The predicted molar refractivity (Wildman–Crippen MR) is 109 cm³/mol. The molecule has 0 amide bonds. The van der Waals surface area contributed by atoms with Gasteiger partial charge in [-0.25, -0.2) is 4.79 Å². The first kappa shape index (κ1) is 21.2. The molecule has 1 aromatic carbocycles. The molecule has 0 atom stereocenters. The topological polar surface area (TPSA) is 26.3 Å². The minimum Gasteiger partial charge on any atom is -0.456 e. The van der Waals surface area contributed by atoms with Crippen LogP contribution in [-0.4, -0.2) is 11.6 Å². The Morgan fingerprint density at radius 1 is 1.00 bits per heavy atom. The first-order valence-corrected chi connectivity index (χ1v) is 9.58. The van der Waals surface area contributed by atoms with E-state index >= 15 is 0 Å². The van der Waals surface area contributed by atoms with Gasteiger partial charge in [-0.3, -0.25) is 0 Å². The van der Waals surface area contributed by atoms with E-state index in [1.54, 1.807) is 0 Å². The van der Waals surface area contributed by atoms with Gasteiger partial charge in [-0.05, 0) is 56.9 Å². The maximum absolute atomic E-state index is 12.5. The molecule has 0 saturated heterocycles. The third-order valence-corrected chi connectivity index (χ3v) is 3.75. The average molecular weight is 343 g/mol. The highest BCUT2D eigenvalue weighted by Gasteiger charge is 2.19. The molecule has 0 N–H and O–H groups in total. The maximum atomic E-state index is 12.5. The summed E-state index contributed by atoms with van der Waals surface area (Å²) >= 11 is 0. The molecule has 0 aliphatic rings. The first-order chi connectivity index (χ1) is 11.9. The lowest BCUT2D eigenvalue weighted by Gasteiger charge is -2.20. The summed E-state index contributed by atoms with van der Waals surface area (Å²) < 4.78 is 5.55. The third-order valence-electron chi connectivity index (χ3n) is 3.75. The Labute approximate surface area is 154 Å². The SMILES string of the molecule is CCCC/C=C/c1ccc(C(=O)OC(C)(C)C)c(/C=C/CCCC)c1. The van der Waals surface area contributed by atoms with Gasteiger partial charge in [-0.2, -0.15) is 0 Å². The van der Waals surface area contributed by atoms with Gasteiger partial charge in [0.1, 0.15) is 5.60 Å². The monoisotopic (exact) mass is 342 g/mol. The standard InChI is InChI=1S/C23H34O2/c1-6-8-10-12-14-19-16-17-21(22(24)25-23(3,4)5)20(18-19)15-13-11-9-7-2/h12-18H,6-11H2,1-5H3/b14-12+,15-13+. The first-order valence-electron chi connectivity index (χ1n) is 9.58. The summed E-state index contributed by atoms with van der Waals surface area (Å²) in [4.78, 5) is 12.5. The Bertz CT molecular complexity index is 589. The summed E-state index contributed by atoms with van der Waals surface area (Å²) in [5, 5.41) is 0. The van der Waals surface area contributed by atoms with Gasteiger partial charge in [-0.15, -0.1) is 0 Å². The number of allylic oxidation sites excluding steroid dienone is 2. The number of carbonyl (C=O) groups is 1. The van der Waals surface area contributed by atoms with Gasteiger partial charge in [0.25, 0.3) is 0 Å². The summed E-state index contributed by atoms with van der Waals surface area (Å²) in [6.07, 6.45) is 15.4. The molecule has 0 spiro atoms. The van der Waals surface area contributed by atoms with E-state index < -0.39 is 5.60 Å². The van der Waals surface area contributed by atoms with Gasteiger partial charge in [0.15, 0.2) is 0 Å². The molecule has 0 fully saturated rings. The fraction of sp³-hybridized carbons (Fsp3) is 0.522. The molecule has 0 aliphatic carbocycles. The number of unbranched alkanes of at least 4 members (excludes halogenated alkanes) is 4. The van der Waals surface area contributed by atoms with E-state index in [9.17, 15) is 4.79 Å². The molecule has 25 heavy (non-hydrogen) atoms. The molecular weight excluding hydrogens is 308 g/mol. The van der Waals surface area contributed by atoms with Crippen LogP contribution in [0.15, 0.2) is 30.4 Å². The normalized spacial score (nSPS) is 12.2. The molecule has 2 nitrogen and oxygen atoms in total. The van der Waals surface area contributed by atoms with Crippen molar-refractivity contribution in [2.45, 2.75) is 78.7 Å². The summed E-state index contributed by atoms with van der Waals surface area (Å²) in [7, 11) is 0. The van der Waals surface area contributed by atoms with E-state index in [2.05, 4.69) is 44.2 Å². The molecule has 0 aliphatic heterocycles. The molecular formula is C23H34O2. The molecule has 138 valence electrons. The summed E-state index contributed by atoms with van der Waals surface area (Å²) in [5.41, 5.74) is 2.20. The average Bonchev–Trinajstić information content (AvgIpc) is 2.54. The summed E-state index contributed by atoms with van der Waals surface area (Å²) in [5.74, 6) is -0.260. The smallest absolute Gasteiger partial charge is 0.339 e. The van der Waals surface area contributed by atoms with Gasteiger partial charge < -0.3 is 4.74 Å². The van der Waals surface area contributed by atoms with Gasteiger partial charge >= 0.3 is 5.97 Å². The molecule has 0 bridgehead atoms. The number of hydrogen-bond donors (Lipinski definition) is 0. The van der Waals surface area contributed by atoms with Crippen LogP contribution in [0.1, 0.15) is 94.6 Å². The Morgan fingerprint density at radius 3 is 2.16 bits per heavy atom. The second-order valence-electron chi connectivity index (χ2n) is 7.44. The van der Waals surface area contributed by atoms with Crippen molar-refractivity contribution in [1.29, 1.82) is 0 Å². The van der Waals surface area contributed by atoms with Gasteiger partial charge in [0.05, 0.1) is 5.56 Å². The predicted octanol–water partition coefficient (Wildman–Crippen LogP) is 7.05. The number of carbonyl (C=O) groups excluding carboxylic acids is 1. The van der Waals surface area contributed by atoms with Crippen molar-refractivity contribution in [2.24, 2.45) is 0 Å². The molecule has 0 heterocycles. The molecule has 0 unspecified atom stereocenters. The van der Waals surface area contributed by atoms with Crippen molar-refractivity contribution in [1.82, 2.24) is 0 Å². The van der Waals surface area contributed by atoms with Crippen LogP contribution >= 0.6 is 0 Å². The highest BCUT2D eigenvalue weighted by molar-refractivity contribution is 5.94. The number of benzene rings is 1. The third kappa shape index (κ3) is 8.72. The minimum atomic E-state index is -0.487. The Hall–Kier alpha value is -1.83. The molecule has 0 radical (unpaired) electrons. The zero-order valence-corrected chi connectivity index (χ0v) is 16.6. The van der Waals surface area contributed by atoms with Crippen molar-refractivity contribution in [2.75, 3.05) is 0 Å². The van der Waals surface area contributed by atoms with Crippen molar-refractivity contribution in [3.63, 3.8) is 0 Å². The fourth-order valence-electron chi connectivity index (χ4n) is 2.42. The number of hydrogen-bond acceptors (Lipinski definition) is 2. The zero-order chi connectivity index (χ0) is 18.7. The van der Waals surface area contributed by atoms with E-state index in [0.717, 1.165) is 30.4 Å². The van der Waals surface area contributed by atoms with E-state index in [1.807, 2.05) is 32.9 Å². The zero-order valence-electron chi connectivity index (χ0n) is 16.6. The van der Waals surface area contributed by atoms with Gasteiger partial charge in [0, 0.05) is 0 Å². The van der Waals surface area contributed by atoms with Crippen molar-refractivity contribution in [3.8, 4) is 0 Å². The lowest BCUT2D eigenvalue weighted by molar-refractivity contribution is 0.00693. The molecule has 1 aromatic rings. The lowest BCUT2D eigenvalue weighted by atomic mass is 10.0. The molecule has 0 saturated carbocycles. The van der Waals surface area contributed by atoms with Crippen LogP contribution in [0.25, 0.3) is 12.2 Å². The van der Waals surface area contributed by atoms with Crippen LogP contribution in [-0.2, 0) is 4.74 Å². The van der Waals surface area contributed by atoms with Crippen LogP contribution in [0.5, 0.6) is 0 Å². The van der Waals surface area contributed by atoms with Crippen molar-refractivity contribution < 1.29 is 9.53 Å². The Morgan fingerprint density at radius 2 is 1.60 bits per heavy atom. The number of esters is 1. The number of ether oxygens (including phenoxy) is 1. The van der Waals surface area contributed by atoms with Crippen LogP contribution < -0.4 is 0 Å². The van der Waals surface area contributed by atoms with Crippen LogP contribution in [0.2, 0.25) is 0 Å². The second-order valence-corrected chi connectivity index (χ2v) is 7.44. The fourth-order valence-corrected chi connectivity index (χ4v) is 2.42. The Balaban J connectivity index is 3.03. The highest BCUT2D eigenvalue weighted by atomic mass is 16.6. The highest BCUT2D eigenvalue weighted by Crippen LogP contribution is 2.20. The summed E-state index contributed by atoms with van der Waals surface area (Å²) in [6.45, 7) is 10.1. The summed E-state index contributed by atoms with van der Waals surface area (Å²) in [6, 6.07) is 5.95. The van der Waals surface area contributed by atoms with Crippen LogP contribution in [0.4, 0.5) is 0 Å². The van der Waals surface area contributed by atoms with Crippen molar-refractivity contribution in [3.05, 3.63) is 47.0 Å². The van der Waals surface area contributed by atoms with E-state index in [-0.39, 0.29) is 5.97 Å². The second kappa shape index (κ2) is 10.9. The molecule has 1 rings (SSSR count). The minimum absolute atomic E-state index is 0.260. The molecule has 0 aromatic heterocycles. The van der Waals surface area contributed by atoms with Gasteiger partial charge in [0.2, 0.25) is 0 Å².